The van der Waals surface area contributed by atoms with Gasteiger partial charge in [0.15, 0.2) is 5.78 Å². The van der Waals surface area contributed by atoms with Gasteiger partial charge in [-0.2, -0.15) is 0 Å². The van der Waals surface area contributed by atoms with Crippen LogP contribution in [-0.4, -0.2) is 11.8 Å². The molecule has 0 fully saturated rings. The molecule has 0 aromatic heterocycles. The van der Waals surface area contributed by atoms with Crippen LogP contribution in [0.5, 0.6) is 5.75 Å². The summed E-state index contributed by atoms with van der Waals surface area (Å²) in [5.41, 5.74) is 2.08. The summed E-state index contributed by atoms with van der Waals surface area (Å²) in [6, 6.07) is 23.0. The number of hydrogen-bond donors (Lipinski definition) is 0. The Morgan fingerprint density at radius 2 is 1.38 bits per heavy atom. The van der Waals surface area contributed by atoms with E-state index in [9.17, 15) is 9.59 Å². The minimum Gasteiger partial charge on any atom is -0.427 e. The standard InChI is InChI=1S/C22H17ClO3/c23-20-9-5-4-6-16(20)12-15-21(24)26-19-13-10-18(11-14-19)22(25)17-7-2-1-3-8-17/h1-11,13-14H,12,15H2. The van der Waals surface area contributed by atoms with E-state index in [0.717, 1.165) is 5.56 Å². The fourth-order valence-corrected chi connectivity index (χ4v) is 2.78. The monoisotopic (exact) mass is 364 g/mol. The Hall–Kier alpha value is -2.91. The number of rotatable bonds is 6. The zero-order chi connectivity index (χ0) is 18.4. The molecule has 0 aliphatic rings. The first kappa shape index (κ1) is 17.9. The molecule has 4 heteroatoms. The number of esters is 1. The highest BCUT2D eigenvalue weighted by molar-refractivity contribution is 6.31. The van der Waals surface area contributed by atoms with Crippen LogP contribution in [0, 0.1) is 0 Å². The number of ketones is 1. The molecule has 0 unspecified atom stereocenters. The van der Waals surface area contributed by atoms with E-state index in [4.69, 9.17) is 16.3 Å². The maximum atomic E-state index is 12.4. The molecule has 0 aliphatic carbocycles. The predicted molar refractivity (Wildman–Crippen MR) is 102 cm³/mol. The van der Waals surface area contributed by atoms with Crippen LogP contribution in [-0.2, 0) is 11.2 Å². The van der Waals surface area contributed by atoms with Gasteiger partial charge in [-0.1, -0.05) is 60.1 Å². The average Bonchev–Trinajstić information content (AvgIpc) is 2.68. The molecule has 130 valence electrons. The van der Waals surface area contributed by atoms with E-state index < -0.39 is 0 Å². The van der Waals surface area contributed by atoms with Gasteiger partial charge in [0.1, 0.15) is 5.75 Å². The summed E-state index contributed by atoms with van der Waals surface area (Å²) >= 11 is 6.08. The van der Waals surface area contributed by atoms with Crippen molar-refractivity contribution in [3.05, 3.63) is 101 Å². The molecule has 0 radical (unpaired) electrons. The van der Waals surface area contributed by atoms with Crippen LogP contribution in [0.4, 0.5) is 0 Å². The Bertz CT molecular complexity index is 902. The van der Waals surface area contributed by atoms with Gasteiger partial charge in [-0.25, -0.2) is 0 Å². The Morgan fingerprint density at radius 1 is 0.769 bits per heavy atom. The van der Waals surface area contributed by atoms with Gasteiger partial charge in [-0.15, -0.1) is 0 Å². The van der Waals surface area contributed by atoms with Crippen molar-refractivity contribution in [1.29, 1.82) is 0 Å². The molecular weight excluding hydrogens is 348 g/mol. The molecular formula is C22H17ClO3. The first-order valence-corrected chi connectivity index (χ1v) is 8.65. The van der Waals surface area contributed by atoms with Crippen LogP contribution < -0.4 is 4.74 Å². The van der Waals surface area contributed by atoms with E-state index in [-0.39, 0.29) is 18.2 Å². The third kappa shape index (κ3) is 4.58. The zero-order valence-electron chi connectivity index (χ0n) is 14.0. The van der Waals surface area contributed by atoms with Crippen molar-refractivity contribution in [3.63, 3.8) is 0 Å². The minimum atomic E-state index is -0.341. The smallest absolute Gasteiger partial charge is 0.311 e. The first-order chi connectivity index (χ1) is 12.6. The van der Waals surface area contributed by atoms with Gasteiger partial charge in [0.25, 0.3) is 0 Å². The first-order valence-electron chi connectivity index (χ1n) is 8.27. The summed E-state index contributed by atoms with van der Waals surface area (Å²) in [5.74, 6) is 0.00743. The van der Waals surface area contributed by atoms with Crippen molar-refractivity contribution in [2.75, 3.05) is 0 Å². The summed E-state index contributed by atoms with van der Waals surface area (Å²) in [4.78, 5) is 24.4. The van der Waals surface area contributed by atoms with Crippen molar-refractivity contribution >= 4 is 23.4 Å². The van der Waals surface area contributed by atoms with Gasteiger partial charge in [0.2, 0.25) is 0 Å². The lowest BCUT2D eigenvalue weighted by atomic mass is 10.0. The molecule has 0 amide bonds. The second-order valence-electron chi connectivity index (χ2n) is 5.79. The lowest BCUT2D eigenvalue weighted by Gasteiger charge is -2.07. The van der Waals surface area contributed by atoms with Crippen LogP contribution in [0.2, 0.25) is 5.02 Å². The van der Waals surface area contributed by atoms with Gasteiger partial charge in [0, 0.05) is 16.1 Å². The summed E-state index contributed by atoms with van der Waals surface area (Å²) in [7, 11) is 0. The second kappa shape index (κ2) is 8.45. The van der Waals surface area contributed by atoms with Crippen molar-refractivity contribution in [2.24, 2.45) is 0 Å². The number of aryl methyl sites for hydroxylation is 1. The molecule has 0 bridgehead atoms. The number of benzene rings is 3. The van der Waals surface area contributed by atoms with Crippen LogP contribution in [0.1, 0.15) is 27.9 Å². The van der Waals surface area contributed by atoms with Crippen molar-refractivity contribution in [2.45, 2.75) is 12.8 Å². The Kier molecular flexibility index (Phi) is 5.82. The maximum Gasteiger partial charge on any atom is 0.311 e. The van der Waals surface area contributed by atoms with Crippen molar-refractivity contribution in [3.8, 4) is 5.75 Å². The molecule has 3 nitrogen and oxygen atoms in total. The third-order valence-corrected chi connectivity index (χ3v) is 4.31. The highest BCUT2D eigenvalue weighted by atomic mass is 35.5. The molecule has 0 spiro atoms. The van der Waals surface area contributed by atoms with Gasteiger partial charge in [-0.05, 0) is 42.3 Å². The molecule has 26 heavy (non-hydrogen) atoms. The third-order valence-electron chi connectivity index (χ3n) is 3.94. The molecule has 3 rings (SSSR count). The van der Waals surface area contributed by atoms with Gasteiger partial charge in [0.05, 0.1) is 6.42 Å². The quantitative estimate of drug-likeness (QED) is 0.347. The Morgan fingerprint density at radius 3 is 2.08 bits per heavy atom. The number of hydrogen-bond acceptors (Lipinski definition) is 3. The maximum absolute atomic E-state index is 12.4. The fraction of sp³-hybridized carbons (Fsp3) is 0.0909. The second-order valence-corrected chi connectivity index (χ2v) is 6.19. The van der Waals surface area contributed by atoms with Crippen LogP contribution in [0.3, 0.4) is 0 Å². The summed E-state index contributed by atoms with van der Waals surface area (Å²) in [6.45, 7) is 0. The van der Waals surface area contributed by atoms with Crippen molar-refractivity contribution < 1.29 is 14.3 Å². The van der Waals surface area contributed by atoms with Crippen molar-refractivity contribution in [1.82, 2.24) is 0 Å². The molecule has 0 saturated carbocycles. The van der Waals surface area contributed by atoms with E-state index in [1.54, 1.807) is 42.5 Å². The van der Waals surface area contributed by atoms with Gasteiger partial charge in [-0.3, -0.25) is 9.59 Å². The Balaban J connectivity index is 1.58. The molecule has 0 saturated heterocycles. The van der Waals surface area contributed by atoms with E-state index in [1.165, 1.54) is 0 Å². The largest absolute Gasteiger partial charge is 0.427 e. The van der Waals surface area contributed by atoms with E-state index >= 15 is 0 Å². The lowest BCUT2D eigenvalue weighted by Crippen LogP contribution is -2.09. The SMILES string of the molecule is O=C(CCc1ccccc1Cl)Oc1ccc(C(=O)c2ccccc2)cc1. The van der Waals surface area contributed by atoms with E-state index in [2.05, 4.69) is 0 Å². The summed E-state index contributed by atoms with van der Waals surface area (Å²) < 4.78 is 5.32. The van der Waals surface area contributed by atoms with Gasteiger partial charge >= 0.3 is 5.97 Å². The van der Waals surface area contributed by atoms with Gasteiger partial charge < -0.3 is 4.74 Å². The molecule has 3 aromatic carbocycles. The Labute approximate surface area is 157 Å². The van der Waals surface area contributed by atoms with Crippen LogP contribution in [0.25, 0.3) is 0 Å². The number of carbonyl (C=O) groups excluding carboxylic acids is 2. The topological polar surface area (TPSA) is 43.4 Å². The van der Waals surface area contributed by atoms with Crippen LogP contribution >= 0.6 is 11.6 Å². The predicted octanol–water partition coefficient (Wildman–Crippen LogP) is 5.11. The fourth-order valence-electron chi connectivity index (χ4n) is 2.55. The molecule has 0 atom stereocenters. The normalized spacial score (nSPS) is 10.3. The minimum absolute atomic E-state index is 0.0674. The molecule has 0 N–H and O–H groups in total. The van der Waals surface area contributed by atoms with E-state index in [1.807, 2.05) is 36.4 Å². The number of halogens is 1. The molecule has 3 aromatic rings. The summed E-state index contributed by atoms with van der Waals surface area (Å²) in [6.07, 6.45) is 0.748. The van der Waals surface area contributed by atoms with E-state index in [0.29, 0.717) is 28.3 Å². The van der Waals surface area contributed by atoms with Crippen LogP contribution in [0.15, 0.2) is 78.9 Å². The zero-order valence-corrected chi connectivity index (χ0v) is 14.8. The highest BCUT2D eigenvalue weighted by Crippen LogP contribution is 2.19. The lowest BCUT2D eigenvalue weighted by molar-refractivity contribution is -0.134. The average molecular weight is 365 g/mol. The summed E-state index contributed by atoms with van der Waals surface area (Å²) in [5, 5.41) is 0.643. The number of ether oxygens (including phenoxy) is 1. The molecule has 0 aliphatic heterocycles. The molecule has 0 heterocycles. The number of carbonyl (C=O) groups is 2. The highest BCUT2D eigenvalue weighted by Gasteiger charge is 2.10.